The molecule has 0 spiro atoms. The molecule has 0 aliphatic heterocycles. The van der Waals surface area contributed by atoms with Crippen molar-refractivity contribution in [2.24, 2.45) is 11.8 Å². The van der Waals surface area contributed by atoms with Crippen LogP contribution >= 0.6 is 0 Å². The number of rotatable bonds is 10. The molecule has 0 saturated carbocycles. The maximum atomic E-state index is 11.0. The SMILES string of the molecule is CCCCCCC=CC(C)C(CC(=O)O)C(=O)O. The van der Waals surface area contributed by atoms with Crippen LogP contribution in [0.25, 0.3) is 0 Å². The quantitative estimate of drug-likeness (QED) is 0.464. The normalized spacial score (nSPS) is 14.6. The molecule has 0 amide bonds. The van der Waals surface area contributed by atoms with Crippen molar-refractivity contribution in [3.63, 3.8) is 0 Å². The average molecular weight is 256 g/mol. The average Bonchev–Trinajstić information content (AvgIpc) is 2.29. The molecule has 2 atom stereocenters. The van der Waals surface area contributed by atoms with Gasteiger partial charge in [0.1, 0.15) is 0 Å². The zero-order valence-electron chi connectivity index (χ0n) is 11.3. The van der Waals surface area contributed by atoms with Crippen LogP contribution in [0.2, 0.25) is 0 Å². The Morgan fingerprint density at radius 2 is 1.83 bits per heavy atom. The van der Waals surface area contributed by atoms with Crippen LogP contribution in [0.5, 0.6) is 0 Å². The van der Waals surface area contributed by atoms with Crippen LogP contribution in [0.1, 0.15) is 52.4 Å². The highest BCUT2D eigenvalue weighted by molar-refractivity contribution is 5.78. The second-order valence-electron chi connectivity index (χ2n) is 4.68. The van der Waals surface area contributed by atoms with Gasteiger partial charge >= 0.3 is 11.9 Å². The third-order valence-corrected chi connectivity index (χ3v) is 3.01. The number of hydrogen-bond donors (Lipinski definition) is 2. The van der Waals surface area contributed by atoms with E-state index >= 15 is 0 Å². The summed E-state index contributed by atoms with van der Waals surface area (Å²) in [5.41, 5.74) is 0. The molecule has 0 heterocycles. The first-order valence-electron chi connectivity index (χ1n) is 6.60. The molecule has 0 aromatic rings. The maximum absolute atomic E-state index is 11.0. The fourth-order valence-electron chi connectivity index (χ4n) is 1.82. The molecule has 0 aliphatic rings. The largest absolute Gasteiger partial charge is 0.481 e. The zero-order chi connectivity index (χ0) is 14.0. The topological polar surface area (TPSA) is 74.6 Å². The van der Waals surface area contributed by atoms with Crippen LogP contribution in [-0.2, 0) is 9.59 Å². The van der Waals surface area contributed by atoms with Crippen molar-refractivity contribution in [2.75, 3.05) is 0 Å². The lowest BCUT2D eigenvalue weighted by molar-refractivity contribution is -0.149. The third kappa shape index (κ3) is 7.87. The van der Waals surface area contributed by atoms with E-state index in [-0.39, 0.29) is 12.3 Å². The number of carbonyl (C=O) groups is 2. The van der Waals surface area contributed by atoms with Gasteiger partial charge in [-0.1, -0.05) is 45.3 Å². The Labute approximate surface area is 109 Å². The molecule has 0 rings (SSSR count). The van der Waals surface area contributed by atoms with Gasteiger partial charge in [0.05, 0.1) is 12.3 Å². The summed E-state index contributed by atoms with van der Waals surface area (Å²) in [7, 11) is 0. The molecule has 0 fully saturated rings. The summed E-state index contributed by atoms with van der Waals surface area (Å²) in [6, 6.07) is 0. The number of carboxylic acids is 2. The predicted molar refractivity (Wildman–Crippen MR) is 70.4 cm³/mol. The molecule has 4 nitrogen and oxygen atoms in total. The van der Waals surface area contributed by atoms with Gasteiger partial charge in [-0.15, -0.1) is 0 Å². The number of carboxylic acid groups (broad SMARTS) is 2. The highest BCUT2D eigenvalue weighted by Gasteiger charge is 2.25. The first kappa shape index (κ1) is 16.7. The first-order chi connectivity index (χ1) is 8.49. The Hall–Kier alpha value is -1.32. The smallest absolute Gasteiger partial charge is 0.307 e. The van der Waals surface area contributed by atoms with E-state index < -0.39 is 17.9 Å². The minimum atomic E-state index is -1.06. The van der Waals surface area contributed by atoms with Gasteiger partial charge in [-0.25, -0.2) is 0 Å². The van der Waals surface area contributed by atoms with Crippen molar-refractivity contribution < 1.29 is 19.8 Å². The van der Waals surface area contributed by atoms with E-state index in [1.165, 1.54) is 19.3 Å². The van der Waals surface area contributed by atoms with Crippen molar-refractivity contribution in [3.05, 3.63) is 12.2 Å². The van der Waals surface area contributed by atoms with Gasteiger partial charge in [-0.3, -0.25) is 9.59 Å². The van der Waals surface area contributed by atoms with Crippen LogP contribution in [0, 0.1) is 11.8 Å². The van der Waals surface area contributed by atoms with Crippen molar-refractivity contribution in [1.82, 2.24) is 0 Å². The summed E-state index contributed by atoms with van der Waals surface area (Å²) >= 11 is 0. The molecule has 0 aliphatic carbocycles. The van der Waals surface area contributed by atoms with E-state index in [9.17, 15) is 9.59 Å². The molecule has 0 bridgehead atoms. The molecule has 0 aromatic heterocycles. The molecule has 0 saturated heterocycles. The Morgan fingerprint density at radius 3 is 2.33 bits per heavy atom. The summed E-state index contributed by atoms with van der Waals surface area (Å²) < 4.78 is 0. The summed E-state index contributed by atoms with van der Waals surface area (Å²) in [5.74, 6) is -3.19. The number of hydrogen-bond acceptors (Lipinski definition) is 2. The van der Waals surface area contributed by atoms with E-state index in [0.29, 0.717) is 0 Å². The molecule has 18 heavy (non-hydrogen) atoms. The van der Waals surface area contributed by atoms with Crippen molar-refractivity contribution in [2.45, 2.75) is 52.4 Å². The van der Waals surface area contributed by atoms with Crippen molar-refractivity contribution >= 4 is 11.9 Å². The zero-order valence-corrected chi connectivity index (χ0v) is 11.3. The van der Waals surface area contributed by atoms with E-state index in [0.717, 1.165) is 12.8 Å². The lowest BCUT2D eigenvalue weighted by atomic mass is 9.90. The van der Waals surface area contributed by atoms with Crippen molar-refractivity contribution in [1.29, 1.82) is 0 Å². The van der Waals surface area contributed by atoms with Crippen LogP contribution in [0.15, 0.2) is 12.2 Å². The predicted octanol–water partition coefficient (Wildman–Crippen LogP) is 3.32. The molecule has 2 N–H and O–H groups in total. The van der Waals surface area contributed by atoms with E-state index in [4.69, 9.17) is 10.2 Å². The van der Waals surface area contributed by atoms with Crippen LogP contribution in [-0.4, -0.2) is 22.2 Å². The summed E-state index contributed by atoms with van der Waals surface area (Å²) in [5, 5.41) is 17.6. The monoisotopic (exact) mass is 256 g/mol. The number of aliphatic carboxylic acids is 2. The fraction of sp³-hybridized carbons (Fsp3) is 0.714. The Balaban J connectivity index is 4.08. The molecule has 4 heteroatoms. The second-order valence-corrected chi connectivity index (χ2v) is 4.68. The highest BCUT2D eigenvalue weighted by Crippen LogP contribution is 2.18. The molecule has 2 unspecified atom stereocenters. The van der Waals surface area contributed by atoms with Gasteiger partial charge in [0.15, 0.2) is 0 Å². The Kier molecular flexibility index (Phi) is 8.97. The second kappa shape index (κ2) is 9.68. The van der Waals surface area contributed by atoms with Gasteiger partial charge in [-0.05, 0) is 18.8 Å². The van der Waals surface area contributed by atoms with Gasteiger partial charge in [-0.2, -0.15) is 0 Å². The Bertz CT molecular complexity index is 284. The molecular formula is C14H24O4. The summed E-state index contributed by atoms with van der Waals surface area (Å²) in [4.78, 5) is 21.5. The summed E-state index contributed by atoms with van der Waals surface area (Å²) in [6.07, 6.45) is 9.12. The van der Waals surface area contributed by atoms with E-state index in [1.807, 2.05) is 12.2 Å². The van der Waals surface area contributed by atoms with Gasteiger partial charge in [0.2, 0.25) is 0 Å². The van der Waals surface area contributed by atoms with E-state index in [1.54, 1.807) is 6.92 Å². The standard InChI is InChI=1S/C14H24O4/c1-3-4-5-6-7-8-9-11(2)12(14(17)18)10-13(15)16/h8-9,11-12H,3-7,10H2,1-2H3,(H,15,16)(H,17,18). The maximum Gasteiger partial charge on any atom is 0.307 e. The van der Waals surface area contributed by atoms with Gasteiger partial charge < -0.3 is 10.2 Å². The highest BCUT2D eigenvalue weighted by atomic mass is 16.4. The van der Waals surface area contributed by atoms with Crippen molar-refractivity contribution in [3.8, 4) is 0 Å². The minimum Gasteiger partial charge on any atom is -0.481 e. The van der Waals surface area contributed by atoms with Gasteiger partial charge in [0, 0.05) is 0 Å². The molecular weight excluding hydrogens is 232 g/mol. The fourth-order valence-corrected chi connectivity index (χ4v) is 1.82. The van der Waals surface area contributed by atoms with Gasteiger partial charge in [0.25, 0.3) is 0 Å². The Morgan fingerprint density at radius 1 is 1.17 bits per heavy atom. The molecule has 0 aromatic carbocycles. The number of unbranched alkanes of at least 4 members (excludes halogenated alkanes) is 4. The van der Waals surface area contributed by atoms with E-state index in [2.05, 4.69) is 6.92 Å². The van der Waals surface area contributed by atoms with Crippen LogP contribution < -0.4 is 0 Å². The first-order valence-corrected chi connectivity index (χ1v) is 6.60. The van der Waals surface area contributed by atoms with Crippen LogP contribution in [0.4, 0.5) is 0 Å². The third-order valence-electron chi connectivity index (χ3n) is 3.01. The minimum absolute atomic E-state index is 0.246. The lowest BCUT2D eigenvalue weighted by Crippen LogP contribution is -2.23. The lowest BCUT2D eigenvalue weighted by Gasteiger charge is -2.14. The summed E-state index contributed by atoms with van der Waals surface area (Å²) in [6.45, 7) is 3.91. The number of allylic oxidation sites excluding steroid dienone is 2. The molecule has 0 radical (unpaired) electrons. The molecule has 104 valence electrons. The van der Waals surface area contributed by atoms with Crippen LogP contribution in [0.3, 0.4) is 0 Å².